The molecule has 0 unspecified atom stereocenters. The average molecular weight is 422 g/mol. The second-order valence-corrected chi connectivity index (χ2v) is 7.16. The number of ether oxygens (including phenoxy) is 1. The van der Waals surface area contributed by atoms with Crippen LogP contribution in [0.1, 0.15) is 41.8 Å². The fraction of sp³-hybridized carbons (Fsp3) is 0.273. The third kappa shape index (κ3) is 5.19. The first kappa shape index (κ1) is 21.8. The van der Waals surface area contributed by atoms with Crippen molar-refractivity contribution in [2.24, 2.45) is 0 Å². The van der Waals surface area contributed by atoms with Crippen LogP contribution in [0, 0.1) is 6.92 Å². The van der Waals surface area contributed by atoms with Gasteiger partial charge in [-0.25, -0.2) is 9.67 Å². The van der Waals surface area contributed by atoms with Crippen molar-refractivity contribution in [3.8, 4) is 11.4 Å². The van der Waals surface area contributed by atoms with Crippen LogP contribution in [0.3, 0.4) is 0 Å². The molecular weight excluding hydrogens is 396 g/mol. The Morgan fingerprint density at radius 1 is 1.06 bits per heavy atom. The van der Waals surface area contributed by atoms with E-state index in [1.165, 1.54) is 0 Å². The number of aryl methyl sites for hydroxylation is 1. The quantitative estimate of drug-likeness (QED) is 0.505. The molecule has 3 aromatic rings. The van der Waals surface area contributed by atoms with E-state index in [9.17, 15) is 9.59 Å². The number of carbonyl (C=O) groups is 2. The lowest BCUT2D eigenvalue weighted by Crippen LogP contribution is -2.44. The summed E-state index contributed by atoms with van der Waals surface area (Å²) >= 11 is 0. The van der Waals surface area contributed by atoms with E-state index in [4.69, 9.17) is 4.74 Å². The Kier molecular flexibility index (Phi) is 6.86. The molecule has 0 aliphatic heterocycles. The van der Waals surface area contributed by atoms with E-state index in [1.54, 1.807) is 30.8 Å². The molecule has 2 amide bonds. The number of hydrazine groups is 1. The topological polar surface area (TPSA) is 110 Å². The highest BCUT2D eigenvalue weighted by Crippen LogP contribution is 2.23. The lowest BCUT2D eigenvalue weighted by atomic mass is 10.0. The van der Waals surface area contributed by atoms with E-state index in [0.717, 1.165) is 11.3 Å². The van der Waals surface area contributed by atoms with Gasteiger partial charge >= 0.3 is 5.91 Å². The fourth-order valence-corrected chi connectivity index (χ4v) is 3.08. The van der Waals surface area contributed by atoms with Gasteiger partial charge in [-0.05, 0) is 36.6 Å². The Labute approximate surface area is 180 Å². The van der Waals surface area contributed by atoms with Gasteiger partial charge in [-0.2, -0.15) is 0 Å². The van der Waals surface area contributed by atoms with E-state index in [0.29, 0.717) is 17.3 Å². The Balaban J connectivity index is 1.62. The largest absolute Gasteiger partial charge is 0.495 e. The van der Waals surface area contributed by atoms with Gasteiger partial charge in [0.05, 0.1) is 25.0 Å². The molecule has 3 rings (SSSR count). The third-order valence-electron chi connectivity index (χ3n) is 4.62. The maximum absolute atomic E-state index is 12.4. The first-order valence-corrected chi connectivity index (χ1v) is 9.89. The Hall–Kier alpha value is -3.88. The number of hydrogen-bond acceptors (Lipinski definition) is 6. The second kappa shape index (κ2) is 9.75. The predicted molar refractivity (Wildman–Crippen MR) is 117 cm³/mol. The second-order valence-electron chi connectivity index (χ2n) is 7.16. The van der Waals surface area contributed by atoms with Crippen molar-refractivity contribution in [2.75, 3.05) is 19.0 Å². The summed E-state index contributed by atoms with van der Waals surface area (Å²) in [6, 6.07) is 15.1. The standard InChI is InChI=1S/C22H26N6O3/c1-14(2)16-9-5-7-11-18(16)28-15(3)24-21(27-28)22(30)26-25-20(29)13-23-17-10-6-8-12-19(17)31-4/h5-12,14,23H,13H2,1-4H3,(H,25,29)(H,26,30). The number of methoxy groups -OCH3 is 1. The summed E-state index contributed by atoms with van der Waals surface area (Å²) in [5.74, 6) is 0.407. The summed E-state index contributed by atoms with van der Waals surface area (Å²) in [6.45, 7) is 5.90. The van der Waals surface area contributed by atoms with E-state index in [2.05, 4.69) is 40.1 Å². The minimum absolute atomic E-state index is 0.0333. The average Bonchev–Trinajstić information content (AvgIpc) is 3.17. The van der Waals surface area contributed by atoms with Crippen LogP contribution in [-0.4, -0.2) is 40.2 Å². The molecule has 0 saturated heterocycles. The zero-order valence-electron chi connectivity index (χ0n) is 18.0. The van der Waals surface area contributed by atoms with Gasteiger partial charge in [-0.1, -0.05) is 44.2 Å². The minimum atomic E-state index is -0.602. The van der Waals surface area contributed by atoms with Crippen LogP contribution in [0.25, 0.3) is 5.69 Å². The van der Waals surface area contributed by atoms with Crippen LogP contribution in [0.15, 0.2) is 48.5 Å². The molecule has 0 saturated carbocycles. The highest BCUT2D eigenvalue weighted by Gasteiger charge is 2.18. The molecule has 0 fully saturated rings. The first-order valence-electron chi connectivity index (χ1n) is 9.89. The van der Waals surface area contributed by atoms with Gasteiger partial charge in [0, 0.05) is 0 Å². The molecule has 2 aromatic carbocycles. The molecule has 0 aliphatic rings. The molecule has 0 bridgehead atoms. The molecule has 162 valence electrons. The number of anilines is 1. The SMILES string of the molecule is COc1ccccc1NCC(=O)NNC(=O)c1nc(C)n(-c2ccccc2C(C)C)n1. The van der Waals surface area contributed by atoms with Crippen molar-refractivity contribution in [3.05, 3.63) is 65.7 Å². The van der Waals surface area contributed by atoms with Gasteiger partial charge in [0.1, 0.15) is 11.6 Å². The molecule has 3 N–H and O–H groups in total. The van der Waals surface area contributed by atoms with Crippen molar-refractivity contribution in [3.63, 3.8) is 0 Å². The maximum atomic E-state index is 12.4. The molecule has 9 nitrogen and oxygen atoms in total. The normalized spacial score (nSPS) is 10.6. The number of rotatable bonds is 7. The lowest BCUT2D eigenvalue weighted by molar-refractivity contribution is -0.120. The molecule has 1 aromatic heterocycles. The van der Waals surface area contributed by atoms with Crippen LogP contribution >= 0.6 is 0 Å². The highest BCUT2D eigenvalue weighted by molar-refractivity contribution is 5.92. The van der Waals surface area contributed by atoms with Crippen LogP contribution < -0.4 is 20.9 Å². The number of benzene rings is 2. The van der Waals surface area contributed by atoms with Crippen molar-refractivity contribution in [1.82, 2.24) is 25.6 Å². The van der Waals surface area contributed by atoms with E-state index in [-0.39, 0.29) is 18.3 Å². The van der Waals surface area contributed by atoms with Gasteiger partial charge in [-0.3, -0.25) is 20.4 Å². The van der Waals surface area contributed by atoms with Gasteiger partial charge in [0.25, 0.3) is 5.91 Å². The van der Waals surface area contributed by atoms with E-state index >= 15 is 0 Å². The number of amides is 2. The monoisotopic (exact) mass is 422 g/mol. The Morgan fingerprint density at radius 3 is 2.52 bits per heavy atom. The summed E-state index contributed by atoms with van der Waals surface area (Å²) in [7, 11) is 1.55. The zero-order chi connectivity index (χ0) is 22.4. The molecule has 9 heteroatoms. The smallest absolute Gasteiger partial charge is 0.309 e. The number of hydrogen-bond donors (Lipinski definition) is 3. The molecule has 0 atom stereocenters. The van der Waals surface area contributed by atoms with E-state index in [1.807, 2.05) is 36.4 Å². The minimum Gasteiger partial charge on any atom is -0.495 e. The van der Waals surface area contributed by atoms with Gasteiger partial charge in [0.2, 0.25) is 5.82 Å². The first-order chi connectivity index (χ1) is 14.9. The summed E-state index contributed by atoms with van der Waals surface area (Å²) in [4.78, 5) is 28.8. The summed E-state index contributed by atoms with van der Waals surface area (Å²) in [5, 5.41) is 7.28. The molecule has 0 aliphatic carbocycles. The van der Waals surface area contributed by atoms with Crippen LogP contribution in [0.5, 0.6) is 5.75 Å². The number of aromatic nitrogens is 3. The van der Waals surface area contributed by atoms with Crippen molar-refractivity contribution < 1.29 is 14.3 Å². The maximum Gasteiger partial charge on any atom is 0.309 e. The molecular formula is C22H26N6O3. The van der Waals surface area contributed by atoms with Crippen molar-refractivity contribution in [2.45, 2.75) is 26.7 Å². The van der Waals surface area contributed by atoms with Gasteiger partial charge in [0.15, 0.2) is 0 Å². The van der Waals surface area contributed by atoms with Gasteiger partial charge < -0.3 is 10.1 Å². The zero-order valence-corrected chi connectivity index (χ0v) is 18.0. The molecule has 0 radical (unpaired) electrons. The summed E-state index contributed by atoms with van der Waals surface area (Å²) in [6.07, 6.45) is 0. The number of para-hydroxylation sites is 3. The molecule has 0 spiro atoms. The predicted octanol–water partition coefficient (Wildman–Crippen LogP) is 2.58. The van der Waals surface area contributed by atoms with Crippen LogP contribution in [0.2, 0.25) is 0 Å². The van der Waals surface area contributed by atoms with Gasteiger partial charge in [-0.15, -0.1) is 5.10 Å². The van der Waals surface area contributed by atoms with Crippen LogP contribution in [-0.2, 0) is 4.79 Å². The summed E-state index contributed by atoms with van der Waals surface area (Å²) < 4.78 is 6.86. The third-order valence-corrected chi connectivity index (χ3v) is 4.62. The molecule has 1 heterocycles. The van der Waals surface area contributed by atoms with E-state index < -0.39 is 11.8 Å². The number of nitrogens with one attached hydrogen (secondary N) is 3. The number of nitrogens with zero attached hydrogens (tertiary/aromatic N) is 3. The molecule has 31 heavy (non-hydrogen) atoms. The Bertz CT molecular complexity index is 1080. The number of carbonyl (C=O) groups excluding carboxylic acids is 2. The van der Waals surface area contributed by atoms with Crippen molar-refractivity contribution >= 4 is 17.5 Å². The summed E-state index contributed by atoms with van der Waals surface area (Å²) in [5.41, 5.74) is 7.34. The Morgan fingerprint density at radius 2 is 1.77 bits per heavy atom. The van der Waals surface area contributed by atoms with Crippen molar-refractivity contribution in [1.29, 1.82) is 0 Å². The highest BCUT2D eigenvalue weighted by atomic mass is 16.5. The fourth-order valence-electron chi connectivity index (χ4n) is 3.08. The van der Waals surface area contributed by atoms with Crippen LogP contribution in [0.4, 0.5) is 5.69 Å². The lowest BCUT2D eigenvalue weighted by Gasteiger charge is -2.12.